The lowest BCUT2D eigenvalue weighted by Gasteiger charge is -2.10. The highest BCUT2D eigenvalue weighted by Crippen LogP contribution is 2.63. The van der Waals surface area contributed by atoms with E-state index in [2.05, 4.69) is 4.74 Å². The lowest BCUT2D eigenvalue weighted by atomic mass is 9.95. The number of carboxylic acids is 1. The fraction of sp³-hybridized carbons (Fsp3) is 0.800. The molecular formula is C10H16O4. The summed E-state index contributed by atoms with van der Waals surface area (Å²) in [5, 5.41) is 8.96. The van der Waals surface area contributed by atoms with E-state index in [-0.39, 0.29) is 11.4 Å². The molecule has 4 nitrogen and oxygen atoms in total. The highest BCUT2D eigenvalue weighted by Gasteiger charge is 2.70. The van der Waals surface area contributed by atoms with Gasteiger partial charge >= 0.3 is 11.9 Å². The fourth-order valence-corrected chi connectivity index (χ4v) is 2.51. The number of hydrogen-bond donors (Lipinski definition) is 1. The molecule has 0 aromatic heterocycles. The molecule has 1 aliphatic carbocycles. The molecule has 1 N–H and O–H groups in total. The van der Waals surface area contributed by atoms with Crippen LogP contribution in [0.5, 0.6) is 0 Å². The Morgan fingerprint density at radius 2 is 1.79 bits per heavy atom. The van der Waals surface area contributed by atoms with E-state index in [1.165, 1.54) is 7.11 Å². The molecule has 0 unspecified atom stereocenters. The summed E-state index contributed by atoms with van der Waals surface area (Å²) in [6.07, 6.45) is 1.42. The SMILES string of the molecule is CCC1(CC)[C@@H](C(=O)O)[C@@H]1C(=O)OC. The molecule has 0 aromatic carbocycles. The largest absolute Gasteiger partial charge is 0.481 e. The average Bonchev–Trinajstić information content (AvgIpc) is 2.86. The summed E-state index contributed by atoms with van der Waals surface area (Å²) in [4.78, 5) is 22.3. The number of methoxy groups -OCH3 is 1. The van der Waals surface area contributed by atoms with Crippen LogP contribution in [-0.4, -0.2) is 24.2 Å². The third-order valence-corrected chi connectivity index (χ3v) is 3.50. The second kappa shape index (κ2) is 3.59. The van der Waals surface area contributed by atoms with E-state index in [1.807, 2.05) is 13.8 Å². The van der Waals surface area contributed by atoms with E-state index in [9.17, 15) is 9.59 Å². The molecule has 2 atom stereocenters. The molecule has 1 aliphatic rings. The van der Waals surface area contributed by atoms with Gasteiger partial charge in [0.2, 0.25) is 0 Å². The molecule has 80 valence electrons. The number of aliphatic carboxylic acids is 1. The maximum atomic E-state index is 11.3. The predicted octanol–water partition coefficient (Wildman–Crippen LogP) is 1.30. The van der Waals surface area contributed by atoms with E-state index in [0.29, 0.717) is 12.8 Å². The monoisotopic (exact) mass is 200 g/mol. The first-order valence-electron chi connectivity index (χ1n) is 4.85. The molecule has 1 fully saturated rings. The van der Waals surface area contributed by atoms with Crippen molar-refractivity contribution in [1.29, 1.82) is 0 Å². The van der Waals surface area contributed by atoms with Gasteiger partial charge in [0, 0.05) is 0 Å². The topological polar surface area (TPSA) is 63.6 Å². The van der Waals surface area contributed by atoms with Crippen LogP contribution in [0.2, 0.25) is 0 Å². The quantitative estimate of drug-likeness (QED) is 0.695. The van der Waals surface area contributed by atoms with Gasteiger partial charge in [-0.15, -0.1) is 0 Å². The van der Waals surface area contributed by atoms with Crippen LogP contribution in [0.1, 0.15) is 26.7 Å². The number of rotatable bonds is 4. The van der Waals surface area contributed by atoms with Gasteiger partial charge in [0.15, 0.2) is 0 Å². The van der Waals surface area contributed by atoms with Gasteiger partial charge in [-0.3, -0.25) is 9.59 Å². The van der Waals surface area contributed by atoms with Gasteiger partial charge in [-0.25, -0.2) is 0 Å². The van der Waals surface area contributed by atoms with Crippen molar-refractivity contribution in [3.8, 4) is 0 Å². The molecular weight excluding hydrogens is 184 g/mol. The Morgan fingerprint density at radius 1 is 1.29 bits per heavy atom. The molecule has 0 saturated heterocycles. The summed E-state index contributed by atoms with van der Waals surface area (Å²) in [6.45, 7) is 3.84. The van der Waals surface area contributed by atoms with Gasteiger partial charge in [0.1, 0.15) is 0 Å². The Bertz CT molecular complexity index is 255. The highest BCUT2D eigenvalue weighted by molar-refractivity contribution is 5.88. The van der Waals surface area contributed by atoms with Crippen molar-refractivity contribution in [2.75, 3.05) is 7.11 Å². The van der Waals surface area contributed by atoms with Crippen molar-refractivity contribution in [2.24, 2.45) is 17.3 Å². The summed E-state index contributed by atoms with van der Waals surface area (Å²) in [5.74, 6) is -2.27. The third kappa shape index (κ3) is 1.29. The van der Waals surface area contributed by atoms with E-state index >= 15 is 0 Å². The normalized spacial score (nSPS) is 28.2. The smallest absolute Gasteiger partial charge is 0.310 e. The summed E-state index contributed by atoms with van der Waals surface area (Å²) < 4.78 is 4.61. The van der Waals surface area contributed by atoms with Gasteiger partial charge in [-0.2, -0.15) is 0 Å². The first-order valence-corrected chi connectivity index (χ1v) is 4.85. The van der Waals surface area contributed by atoms with E-state index < -0.39 is 17.8 Å². The van der Waals surface area contributed by atoms with Gasteiger partial charge in [0.25, 0.3) is 0 Å². The van der Waals surface area contributed by atoms with Gasteiger partial charge in [0.05, 0.1) is 18.9 Å². The van der Waals surface area contributed by atoms with E-state index in [4.69, 9.17) is 5.11 Å². The fourth-order valence-electron chi connectivity index (χ4n) is 2.51. The summed E-state index contributed by atoms with van der Waals surface area (Å²) in [5.41, 5.74) is -0.362. The second-order valence-electron chi connectivity index (χ2n) is 3.76. The minimum Gasteiger partial charge on any atom is -0.481 e. The number of carbonyl (C=O) groups is 2. The van der Waals surface area contributed by atoms with Crippen molar-refractivity contribution in [1.82, 2.24) is 0 Å². The lowest BCUT2D eigenvalue weighted by Crippen LogP contribution is -2.10. The minimum atomic E-state index is -0.885. The van der Waals surface area contributed by atoms with Crippen molar-refractivity contribution in [2.45, 2.75) is 26.7 Å². The van der Waals surface area contributed by atoms with Crippen LogP contribution in [0.15, 0.2) is 0 Å². The Hall–Kier alpha value is -1.06. The highest BCUT2D eigenvalue weighted by atomic mass is 16.5. The van der Waals surface area contributed by atoms with Crippen molar-refractivity contribution >= 4 is 11.9 Å². The molecule has 14 heavy (non-hydrogen) atoms. The van der Waals surface area contributed by atoms with E-state index in [1.54, 1.807) is 0 Å². The van der Waals surface area contributed by atoms with Crippen LogP contribution in [0.25, 0.3) is 0 Å². The average molecular weight is 200 g/mol. The predicted molar refractivity (Wildman–Crippen MR) is 49.6 cm³/mol. The summed E-state index contributed by atoms with van der Waals surface area (Å²) in [7, 11) is 1.30. The Morgan fingerprint density at radius 3 is 2.00 bits per heavy atom. The molecule has 0 aliphatic heterocycles. The number of hydrogen-bond acceptors (Lipinski definition) is 3. The zero-order valence-electron chi connectivity index (χ0n) is 8.74. The third-order valence-electron chi connectivity index (χ3n) is 3.50. The first kappa shape index (κ1) is 11.0. The van der Waals surface area contributed by atoms with E-state index in [0.717, 1.165) is 0 Å². The molecule has 4 heteroatoms. The van der Waals surface area contributed by atoms with Gasteiger partial charge in [-0.1, -0.05) is 13.8 Å². The van der Waals surface area contributed by atoms with Crippen LogP contribution in [0.4, 0.5) is 0 Å². The van der Waals surface area contributed by atoms with Crippen molar-refractivity contribution in [3.63, 3.8) is 0 Å². The van der Waals surface area contributed by atoms with Gasteiger partial charge < -0.3 is 9.84 Å². The summed E-state index contributed by atoms with van der Waals surface area (Å²) >= 11 is 0. The molecule has 0 spiro atoms. The Kier molecular flexibility index (Phi) is 2.83. The van der Waals surface area contributed by atoms with Gasteiger partial charge in [-0.05, 0) is 18.3 Å². The minimum absolute atomic E-state index is 0.362. The Labute approximate surface area is 83.2 Å². The van der Waals surface area contributed by atoms with Crippen LogP contribution < -0.4 is 0 Å². The zero-order valence-corrected chi connectivity index (χ0v) is 8.74. The Balaban J connectivity index is 2.87. The van der Waals surface area contributed by atoms with Crippen LogP contribution >= 0.6 is 0 Å². The molecule has 0 amide bonds. The van der Waals surface area contributed by atoms with Crippen LogP contribution in [0, 0.1) is 17.3 Å². The lowest BCUT2D eigenvalue weighted by molar-refractivity contribution is -0.146. The standard InChI is InChI=1S/C10H16O4/c1-4-10(5-2)6(8(11)12)7(10)9(13)14-3/h6-7H,4-5H2,1-3H3,(H,11,12)/t6-,7-/m1/s1. The molecule has 0 heterocycles. The van der Waals surface area contributed by atoms with Crippen LogP contribution in [-0.2, 0) is 14.3 Å². The van der Waals surface area contributed by atoms with Crippen molar-refractivity contribution in [3.05, 3.63) is 0 Å². The number of carbonyl (C=O) groups excluding carboxylic acids is 1. The first-order chi connectivity index (χ1) is 6.55. The zero-order chi connectivity index (χ0) is 10.9. The maximum absolute atomic E-state index is 11.3. The molecule has 0 aromatic rings. The second-order valence-corrected chi connectivity index (χ2v) is 3.76. The van der Waals surface area contributed by atoms with Crippen LogP contribution in [0.3, 0.4) is 0 Å². The number of carboxylic acid groups (broad SMARTS) is 1. The van der Waals surface area contributed by atoms with Crippen molar-refractivity contribution < 1.29 is 19.4 Å². The molecule has 0 bridgehead atoms. The summed E-state index contributed by atoms with van der Waals surface area (Å²) in [6, 6.07) is 0. The molecule has 0 radical (unpaired) electrons. The molecule has 1 saturated carbocycles. The maximum Gasteiger partial charge on any atom is 0.310 e. The molecule has 1 rings (SSSR count). The number of ether oxygens (including phenoxy) is 1. The number of esters is 1.